The fourth-order valence-corrected chi connectivity index (χ4v) is 2.22. The Morgan fingerprint density at radius 3 is 2.28 bits per heavy atom. The molecule has 1 atom stereocenters. The van der Waals surface area contributed by atoms with Gasteiger partial charge in [-0.1, -0.05) is 45.4 Å². The molecule has 0 rings (SSSR count). The molecule has 0 saturated carbocycles. The third kappa shape index (κ3) is 16.6. The van der Waals surface area contributed by atoms with E-state index in [1.54, 1.807) is 0 Å². The van der Waals surface area contributed by atoms with Crippen LogP contribution in [0.25, 0.3) is 0 Å². The summed E-state index contributed by atoms with van der Waals surface area (Å²) in [6.45, 7) is -1.88. The van der Waals surface area contributed by atoms with Crippen LogP contribution in [-0.4, -0.2) is 47.5 Å². The van der Waals surface area contributed by atoms with E-state index in [2.05, 4.69) is 5.32 Å². The summed E-state index contributed by atoms with van der Waals surface area (Å²) in [6, 6.07) is 0. The smallest absolute Gasteiger partial charge is 0.548 e. The average Bonchev–Trinajstić information content (AvgIpc) is 2.56. The molecule has 0 bridgehead atoms. The number of carbonyl (C=O) groups is 2. The van der Waals surface area contributed by atoms with Crippen molar-refractivity contribution >= 4 is 17.8 Å². The monoisotopic (exact) mass is 368 g/mol. The number of unbranched alkanes of at least 4 members (excludes halogenated alkanes) is 6. The van der Waals surface area contributed by atoms with Crippen LogP contribution in [0.2, 0.25) is 0 Å². The standard InChI is InChI=1S/C17H33N3O4.Na/c1-3-14(21)11-9-7-5-4-6-8-10-12-15(22)19-17(18)20(2)13-16(23)24;/h14,21H,3-13H2,1-2H3,(H,23,24)(H2,18,19,22);/q;+1/p-1/i2D3;. The van der Waals surface area contributed by atoms with Gasteiger partial charge in [-0.2, -0.15) is 0 Å². The number of rotatable bonds is 13. The van der Waals surface area contributed by atoms with Gasteiger partial charge in [-0.3, -0.25) is 15.5 Å². The van der Waals surface area contributed by atoms with E-state index < -0.39 is 31.4 Å². The maximum Gasteiger partial charge on any atom is 1.00 e. The van der Waals surface area contributed by atoms with Crippen molar-refractivity contribution in [3.8, 4) is 0 Å². The number of nitrogens with one attached hydrogen (secondary N) is 2. The number of carboxylic acids is 1. The molecule has 0 aliphatic rings. The molecule has 0 fully saturated rings. The molecule has 1 amide bonds. The van der Waals surface area contributed by atoms with Crippen LogP contribution in [0.4, 0.5) is 0 Å². The molecule has 0 aromatic rings. The molecule has 8 heteroatoms. The van der Waals surface area contributed by atoms with Crippen molar-refractivity contribution in [1.82, 2.24) is 10.2 Å². The zero-order valence-corrected chi connectivity index (χ0v) is 17.5. The van der Waals surface area contributed by atoms with E-state index in [4.69, 9.17) is 9.52 Å². The minimum absolute atomic E-state index is 0. The van der Waals surface area contributed by atoms with Gasteiger partial charge in [-0.05, 0) is 19.3 Å². The number of nitrogens with zero attached hydrogens (tertiary/aromatic N) is 1. The normalized spacial score (nSPS) is 13.6. The summed E-state index contributed by atoms with van der Waals surface area (Å²) in [5, 5.41) is 29.8. The SMILES string of the molecule is [2H]C([2H])([2H])N(CC(=O)[O-])C(=N)NC(=O)CCCCCCCCCC(O)CC.[Na+]. The maximum absolute atomic E-state index is 11.8. The molecule has 3 N–H and O–H groups in total. The number of hydrogen-bond acceptors (Lipinski definition) is 5. The van der Waals surface area contributed by atoms with E-state index in [0.717, 1.165) is 51.4 Å². The Morgan fingerprint density at radius 2 is 1.76 bits per heavy atom. The molecule has 0 heterocycles. The van der Waals surface area contributed by atoms with E-state index in [9.17, 15) is 19.8 Å². The van der Waals surface area contributed by atoms with Gasteiger partial charge in [0.05, 0.1) is 18.6 Å². The number of carboxylic acid groups (broad SMARTS) is 1. The minimum Gasteiger partial charge on any atom is -0.548 e. The molecule has 0 aliphatic heterocycles. The number of aliphatic carboxylic acids is 1. The van der Waals surface area contributed by atoms with E-state index in [-0.39, 0.29) is 42.1 Å². The van der Waals surface area contributed by atoms with Gasteiger partial charge in [0, 0.05) is 17.5 Å². The van der Waals surface area contributed by atoms with Gasteiger partial charge in [-0.15, -0.1) is 0 Å². The van der Waals surface area contributed by atoms with Gasteiger partial charge in [-0.25, -0.2) is 0 Å². The van der Waals surface area contributed by atoms with E-state index in [0.29, 0.717) is 11.3 Å². The number of likely N-dealkylation sites (N-methyl/N-ethyl adjacent to an activating group) is 1. The van der Waals surface area contributed by atoms with Gasteiger partial charge in [0.15, 0.2) is 5.96 Å². The van der Waals surface area contributed by atoms with Crippen molar-refractivity contribution in [2.75, 3.05) is 13.5 Å². The summed E-state index contributed by atoms with van der Waals surface area (Å²) in [4.78, 5) is 22.7. The molecule has 0 aliphatic carbocycles. The van der Waals surface area contributed by atoms with Crippen LogP contribution < -0.4 is 40.0 Å². The van der Waals surface area contributed by atoms with Crippen LogP contribution in [-0.2, 0) is 9.59 Å². The van der Waals surface area contributed by atoms with Crippen molar-refractivity contribution in [3.63, 3.8) is 0 Å². The van der Waals surface area contributed by atoms with Gasteiger partial charge < -0.3 is 19.9 Å². The fourth-order valence-electron chi connectivity index (χ4n) is 2.22. The Labute approximate surface area is 177 Å². The molecule has 1 unspecified atom stereocenters. The molecule has 0 radical (unpaired) electrons. The first-order valence-corrected chi connectivity index (χ1v) is 8.61. The van der Waals surface area contributed by atoms with E-state index in [1.807, 2.05) is 6.92 Å². The largest absolute Gasteiger partial charge is 1.00 e. The maximum atomic E-state index is 11.8. The third-order valence-corrected chi connectivity index (χ3v) is 3.73. The Balaban J connectivity index is 0. The second-order valence-corrected chi connectivity index (χ2v) is 5.93. The quantitative estimate of drug-likeness (QED) is 0.151. The van der Waals surface area contributed by atoms with E-state index in [1.165, 1.54) is 0 Å². The Hall–Kier alpha value is -0.630. The summed E-state index contributed by atoms with van der Waals surface area (Å²) < 4.78 is 21.6. The molecule has 0 spiro atoms. The molecule has 0 aromatic heterocycles. The number of aliphatic hydroxyl groups is 1. The third-order valence-electron chi connectivity index (χ3n) is 3.73. The summed E-state index contributed by atoms with van der Waals surface area (Å²) in [7, 11) is 0. The first-order valence-electron chi connectivity index (χ1n) is 10.1. The first kappa shape index (κ1) is 20.7. The summed E-state index contributed by atoms with van der Waals surface area (Å²) >= 11 is 0. The average molecular weight is 368 g/mol. The molecular formula is C17H32N3NaO4. The number of amides is 1. The molecule has 0 aromatic carbocycles. The van der Waals surface area contributed by atoms with Crippen LogP contribution in [0.1, 0.15) is 75.2 Å². The molecule has 25 heavy (non-hydrogen) atoms. The number of carbonyl (C=O) groups excluding carboxylic acids is 2. The molecular weight excluding hydrogens is 333 g/mol. The topological polar surface area (TPSA) is 117 Å². The zero-order chi connectivity index (χ0) is 20.9. The van der Waals surface area contributed by atoms with Crippen molar-refractivity contribution in [1.29, 1.82) is 5.41 Å². The minimum atomic E-state index is -2.85. The van der Waals surface area contributed by atoms with Crippen LogP contribution in [0.5, 0.6) is 0 Å². The van der Waals surface area contributed by atoms with Crippen LogP contribution in [0.15, 0.2) is 0 Å². The first-order chi connectivity index (χ1) is 12.6. The van der Waals surface area contributed by atoms with Crippen LogP contribution in [0.3, 0.4) is 0 Å². The summed E-state index contributed by atoms with van der Waals surface area (Å²) in [5.74, 6) is -2.92. The van der Waals surface area contributed by atoms with Crippen LogP contribution >= 0.6 is 0 Å². The number of aliphatic hydroxyl groups excluding tert-OH is 1. The number of guanidine groups is 1. The Morgan fingerprint density at radius 1 is 1.20 bits per heavy atom. The van der Waals surface area contributed by atoms with Crippen molar-refractivity contribution in [2.24, 2.45) is 0 Å². The second kappa shape index (κ2) is 16.8. The molecule has 140 valence electrons. The second-order valence-electron chi connectivity index (χ2n) is 5.93. The van der Waals surface area contributed by atoms with Gasteiger partial charge in [0.1, 0.15) is 0 Å². The van der Waals surface area contributed by atoms with Gasteiger partial charge in [0.25, 0.3) is 0 Å². The van der Waals surface area contributed by atoms with Crippen molar-refractivity contribution < 1.29 is 53.5 Å². The Bertz CT molecular complexity index is 479. The zero-order valence-electron chi connectivity index (χ0n) is 18.5. The molecule has 0 saturated heterocycles. The molecule has 7 nitrogen and oxygen atoms in total. The predicted octanol–water partition coefficient (Wildman–Crippen LogP) is -2.00. The Kier molecular flexibility index (Phi) is 13.9. The number of hydrogen-bond donors (Lipinski definition) is 3. The summed E-state index contributed by atoms with van der Waals surface area (Å²) in [5.41, 5.74) is 0. The van der Waals surface area contributed by atoms with E-state index >= 15 is 0 Å². The predicted molar refractivity (Wildman–Crippen MR) is 91.4 cm³/mol. The van der Waals surface area contributed by atoms with Crippen molar-refractivity contribution in [3.05, 3.63) is 0 Å². The van der Waals surface area contributed by atoms with Gasteiger partial charge in [0.2, 0.25) is 5.91 Å². The van der Waals surface area contributed by atoms with Crippen LogP contribution in [0, 0.1) is 5.41 Å². The fraction of sp³-hybridized carbons (Fsp3) is 0.824. The van der Waals surface area contributed by atoms with Crippen molar-refractivity contribution in [2.45, 2.75) is 77.2 Å². The summed E-state index contributed by atoms with van der Waals surface area (Å²) in [6.07, 6.45) is 8.26. The van der Waals surface area contributed by atoms with Gasteiger partial charge >= 0.3 is 29.6 Å².